The highest BCUT2D eigenvalue weighted by Crippen LogP contribution is 2.34. The zero-order chi connectivity index (χ0) is 9.68. The van der Waals surface area contributed by atoms with E-state index in [1.807, 2.05) is 0 Å². The molecule has 2 amide bonds. The van der Waals surface area contributed by atoms with E-state index in [1.54, 1.807) is 0 Å². The fraction of sp³-hybridized carbons (Fsp3) is 0.900. The van der Waals surface area contributed by atoms with Crippen LogP contribution in [0.2, 0.25) is 0 Å². The van der Waals surface area contributed by atoms with Crippen LogP contribution in [0.15, 0.2) is 0 Å². The standard InChI is InChI=1S/C10H20N2O/c1-3-5-8-7-9(8)12-10(13)11-6-4-2/h8-9H,3-7H2,1-2H3,(H2,11,12,13). The summed E-state index contributed by atoms with van der Waals surface area (Å²) in [6.45, 7) is 5.01. The molecule has 13 heavy (non-hydrogen) atoms. The molecule has 0 bridgehead atoms. The van der Waals surface area contributed by atoms with Gasteiger partial charge < -0.3 is 10.6 Å². The van der Waals surface area contributed by atoms with Crippen molar-refractivity contribution in [3.8, 4) is 0 Å². The minimum Gasteiger partial charge on any atom is -0.338 e. The van der Waals surface area contributed by atoms with Gasteiger partial charge in [-0.25, -0.2) is 4.79 Å². The lowest BCUT2D eigenvalue weighted by Crippen LogP contribution is -2.37. The number of rotatable bonds is 5. The summed E-state index contributed by atoms with van der Waals surface area (Å²) in [6, 6.07) is 0.460. The minimum atomic E-state index is 0.00505. The van der Waals surface area contributed by atoms with Gasteiger partial charge >= 0.3 is 6.03 Å². The van der Waals surface area contributed by atoms with E-state index in [2.05, 4.69) is 24.5 Å². The van der Waals surface area contributed by atoms with E-state index in [9.17, 15) is 4.79 Å². The fourth-order valence-electron chi connectivity index (χ4n) is 1.57. The predicted molar refractivity (Wildman–Crippen MR) is 53.6 cm³/mol. The monoisotopic (exact) mass is 184 g/mol. The first-order valence-corrected chi connectivity index (χ1v) is 5.32. The zero-order valence-corrected chi connectivity index (χ0v) is 8.60. The van der Waals surface area contributed by atoms with Gasteiger partial charge in [-0.3, -0.25) is 0 Å². The van der Waals surface area contributed by atoms with Gasteiger partial charge in [0.15, 0.2) is 0 Å². The van der Waals surface area contributed by atoms with Gasteiger partial charge in [0.1, 0.15) is 0 Å². The van der Waals surface area contributed by atoms with Crippen LogP contribution in [0.5, 0.6) is 0 Å². The first-order valence-electron chi connectivity index (χ1n) is 5.32. The molecule has 3 nitrogen and oxygen atoms in total. The number of amides is 2. The van der Waals surface area contributed by atoms with Crippen molar-refractivity contribution in [2.24, 2.45) is 5.92 Å². The van der Waals surface area contributed by atoms with E-state index in [0.717, 1.165) is 18.9 Å². The molecule has 76 valence electrons. The normalized spacial score (nSPS) is 25.4. The molecular formula is C10H20N2O. The summed E-state index contributed by atoms with van der Waals surface area (Å²) in [6.07, 6.45) is 4.64. The Morgan fingerprint density at radius 2 is 2.15 bits per heavy atom. The van der Waals surface area contributed by atoms with Gasteiger partial charge in [0.05, 0.1) is 0 Å². The molecule has 0 aliphatic heterocycles. The van der Waals surface area contributed by atoms with Crippen LogP contribution in [-0.4, -0.2) is 18.6 Å². The molecule has 2 atom stereocenters. The molecule has 0 radical (unpaired) electrons. The lowest BCUT2D eigenvalue weighted by molar-refractivity contribution is 0.240. The number of hydrogen-bond donors (Lipinski definition) is 2. The predicted octanol–water partition coefficient (Wildman–Crippen LogP) is 1.88. The smallest absolute Gasteiger partial charge is 0.315 e. The molecule has 1 rings (SSSR count). The lowest BCUT2D eigenvalue weighted by atomic mass is 10.2. The highest BCUT2D eigenvalue weighted by Gasteiger charge is 2.36. The van der Waals surface area contributed by atoms with E-state index >= 15 is 0 Å². The molecule has 0 aromatic rings. The van der Waals surface area contributed by atoms with Crippen LogP contribution < -0.4 is 10.6 Å². The van der Waals surface area contributed by atoms with Gasteiger partial charge in [0.2, 0.25) is 0 Å². The van der Waals surface area contributed by atoms with Crippen molar-refractivity contribution in [3.63, 3.8) is 0 Å². The number of nitrogens with one attached hydrogen (secondary N) is 2. The van der Waals surface area contributed by atoms with Crippen molar-refractivity contribution >= 4 is 6.03 Å². The summed E-state index contributed by atoms with van der Waals surface area (Å²) < 4.78 is 0. The molecule has 2 N–H and O–H groups in total. The summed E-state index contributed by atoms with van der Waals surface area (Å²) in [5, 5.41) is 5.79. The Hall–Kier alpha value is -0.730. The second-order valence-corrected chi connectivity index (χ2v) is 3.79. The van der Waals surface area contributed by atoms with Gasteiger partial charge in [-0.2, -0.15) is 0 Å². The van der Waals surface area contributed by atoms with Crippen molar-refractivity contribution in [2.75, 3.05) is 6.54 Å². The largest absolute Gasteiger partial charge is 0.338 e. The Morgan fingerprint density at radius 1 is 1.38 bits per heavy atom. The molecule has 1 fully saturated rings. The average molecular weight is 184 g/mol. The Balaban J connectivity index is 2.03. The Labute approximate surface area is 80.3 Å². The van der Waals surface area contributed by atoms with Crippen LogP contribution in [0, 0.1) is 5.92 Å². The maximum atomic E-state index is 11.2. The minimum absolute atomic E-state index is 0.00505. The number of urea groups is 1. The van der Waals surface area contributed by atoms with Crippen LogP contribution in [0.3, 0.4) is 0 Å². The summed E-state index contributed by atoms with van der Waals surface area (Å²) in [5.41, 5.74) is 0. The van der Waals surface area contributed by atoms with Crippen LogP contribution >= 0.6 is 0 Å². The van der Waals surface area contributed by atoms with Crippen LogP contribution in [0.1, 0.15) is 39.5 Å². The van der Waals surface area contributed by atoms with E-state index < -0.39 is 0 Å². The lowest BCUT2D eigenvalue weighted by Gasteiger charge is -2.05. The summed E-state index contributed by atoms with van der Waals surface area (Å²) >= 11 is 0. The van der Waals surface area contributed by atoms with Crippen molar-refractivity contribution < 1.29 is 4.79 Å². The second-order valence-electron chi connectivity index (χ2n) is 3.79. The molecular weight excluding hydrogens is 164 g/mol. The molecule has 1 saturated carbocycles. The SMILES string of the molecule is CCCNC(=O)NC1CC1CCC. The van der Waals surface area contributed by atoms with Crippen molar-refractivity contribution in [3.05, 3.63) is 0 Å². The summed E-state index contributed by atoms with van der Waals surface area (Å²) in [7, 11) is 0. The quantitative estimate of drug-likeness (QED) is 0.673. The van der Waals surface area contributed by atoms with E-state index in [-0.39, 0.29) is 6.03 Å². The van der Waals surface area contributed by atoms with Crippen molar-refractivity contribution in [2.45, 2.75) is 45.6 Å². The average Bonchev–Trinajstić information content (AvgIpc) is 2.81. The number of carbonyl (C=O) groups is 1. The third kappa shape index (κ3) is 3.66. The highest BCUT2D eigenvalue weighted by atomic mass is 16.2. The summed E-state index contributed by atoms with van der Waals surface area (Å²) in [5.74, 6) is 0.748. The third-order valence-corrected chi connectivity index (χ3v) is 2.43. The van der Waals surface area contributed by atoms with E-state index in [0.29, 0.717) is 6.04 Å². The maximum absolute atomic E-state index is 11.2. The number of hydrogen-bond acceptors (Lipinski definition) is 1. The first kappa shape index (κ1) is 10.4. The van der Waals surface area contributed by atoms with Gasteiger partial charge in [0, 0.05) is 12.6 Å². The molecule has 1 aliphatic carbocycles. The molecule has 0 aromatic carbocycles. The molecule has 1 aliphatic rings. The number of carbonyl (C=O) groups excluding carboxylic acids is 1. The molecule has 3 heteroatoms. The third-order valence-electron chi connectivity index (χ3n) is 2.43. The van der Waals surface area contributed by atoms with Gasteiger partial charge in [-0.1, -0.05) is 20.3 Å². The zero-order valence-electron chi connectivity index (χ0n) is 8.60. The molecule has 0 heterocycles. The van der Waals surface area contributed by atoms with E-state index in [1.165, 1.54) is 19.3 Å². The molecule has 0 spiro atoms. The van der Waals surface area contributed by atoms with E-state index in [4.69, 9.17) is 0 Å². The maximum Gasteiger partial charge on any atom is 0.315 e. The van der Waals surface area contributed by atoms with Gasteiger partial charge in [-0.05, 0) is 25.2 Å². The summed E-state index contributed by atoms with van der Waals surface area (Å²) in [4.78, 5) is 11.2. The van der Waals surface area contributed by atoms with Gasteiger partial charge in [0.25, 0.3) is 0 Å². The molecule has 0 aromatic heterocycles. The Bertz CT molecular complexity index is 170. The van der Waals surface area contributed by atoms with Gasteiger partial charge in [-0.15, -0.1) is 0 Å². The van der Waals surface area contributed by atoms with Crippen molar-refractivity contribution in [1.82, 2.24) is 10.6 Å². The Kier molecular flexibility index (Phi) is 4.06. The van der Waals surface area contributed by atoms with Crippen LogP contribution in [0.4, 0.5) is 4.79 Å². The highest BCUT2D eigenvalue weighted by molar-refractivity contribution is 5.74. The van der Waals surface area contributed by atoms with Crippen LogP contribution in [-0.2, 0) is 0 Å². The second kappa shape index (κ2) is 5.10. The molecule has 2 unspecified atom stereocenters. The van der Waals surface area contributed by atoms with Crippen molar-refractivity contribution in [1.29, 1.82) is 0 Å². The van der Waals surface area contributed by atoms with Crippen LogP contribution in [0.25, 0.3) is 0 Å². The Morgan fingerprint density at radius 3 is 2.77 bits per heavy atom. The fourth-order valence-corrected chi connectivity index (χ4v) is 1.57. The topological polar surface area (TPSA) is 41.1 Å². The molecule has 0 saturated heterocycles. The first-order chi connectivity index (χ1) is 6.27.